The lowest BCUT2D eigenvalue weighted by Gasteiger charge is -2.12. The van der Waals surface area contributed by atoms with Crippen LogP contribution in [0.15, 0.2) is 47.6 Å². The quantitative estimate of drug-likeness (QED) is 0.435. The van der Waals surface area contributed by atoms with E-state index in [0.29, 0.717) is 46.2 Å². The van der Waals surface area contributed by atoms with Gasteiger partial charge in [0, 0.05) is 12.6 Å². The second kappa shape index (κ2) is 11.3. The van der Waals surface area contributed by atoms with Gasteiger partial charge in [0.1, 0.15) is 18.1 Å². The molecule has 32 heavy (non-hydrogen) atoms. The average molecular weight is 459 g/mol. The van der Waals surface area contributed by atoms with Crippen LogP contribution >= 0.6 is 11.8 Å². The molecule has 0 bridgehead atoms. The minimum atomic E-state index is -0.184. The van der Waals surface area contributed by atoms with Crippen LogP contribution in [0.5, 0.6) is 23.0 Å². The van der Waals surface area contributed by atoms with E-state index in [4.69, 9.17) is 18.9 Å². The standard InChI is InChI=1S/C22H26N4O5S/c1-5-26-20(13-31-18-9-7-6-8-17(18)29-3)24-25-22(26)32-14-21(27)23-16-11-10-15(28-2)12-19(16)30-4/h6-12H,5,13-14H2,1-4H3,(H,23,27). The van der Waals surface area contributed by atoms with Gasteiger partial charge in [0.15, 0.2) is 22.5 Å². The number of rotatable bonds is 11. The SMILES string of the molecule is CCn1c(COc2ccccc2OC)nnc1SCC(=O)Nc1ccc(OC)cc1OC. The van der Waals surface area contributed by atoms with Crippen LogP contribution < -0.4 is 24.3 Å². The number of amides is 1. The molecule has 0 radical (unpaired) electrons. The third-order valence-electron chi connectivity index (χ3n) is 4.55. The van der Waals surface area contributed by atoms with E-state index in [1.54, 1.807) is 32.4 Å². The van der Waals surface area contributed by atoms with Gasteiger partial charge in [0.25, 0.3) is 0 Å². The van der Waals surface area contributed by atoms with Crippen molar-refractivity contribution in [3.8, 4) is 23.0 Å². The lowest BCUT2D eigenvalue weighted by Crippen LogP contribution is -2.15. The molecule has 170 valence electrons. The summed E-state index contributed by atoms with van der Waals surface area (Å²) in [4.78, 5) is 12.5. The van der Waals surface area contributed by atoms with Gasteiger partial charge < -0.3 is 28.8 Å². The molecule has 0 aliphatic carbocycles. The highest BCUT2D eigenvalue weighted by molar-refractivity contribution is 7.99. The zero-order chi connectivity index (χ0) is 22.9. The Bertz CT molecular complexity index is 1060. The lowest BCUT2D eigenvalue weighted by atomic mass is 10.2. The van der Waals surface area contributed by atoms with Crippen molar-refractivity contribution >= 4 is 23.4 Å². The molecule has 0 unspecified atom stereocenters. The fourth-order valence-corrected chi connectivity index (χ4v) is 3.77. The van der Waals surface area contributed by atoms with E-state index >= 15 is 0 Å². The molecule has 1 aromatic heterocycles. The van der Waals surface area contributed by atoms with E-state index in [1.807, 2.05) is 35.8 Å². The van der Waals surface area contributed by atoms with E-state index in [0.717, 1.165) is 0 Å². The van der Waals surface area contributed by atoms with Gasteiger partial charge in [-0.25, -0.2) is 0 Å². The Labute approximate surface area is 191 Å². The van der Waals surface area contributed by atoms with Gasteiger partial charge >= 0.3 is 0 Å². The number of ether oxygens (including phenoxy) is 4. The number of aromatic nitrogens is 3. The molecule has 2 aromatic carbocycles. The molecule has 3 aromatic rings. The fourth-order valence-electron chi connectivity index (χ4n) is 2.95. The maximum Gasteiger partial charge on any atom is 0.234 e. The third kappa shape index (κ3) is 5.64. The van der Waals surface area contributed by atoms with Gasteiger partial charge in [-0.15, -0.1) is 10.2 Å². The first-order valence-electron chi connectivity index (χ1n) is 9.92. The van der Waals surface area contributed by atoms with Gasteiger partial charge in [-0.2, -0.15) is 0 Å². The third-order valence-corrected chi connectivity index (χ3v) is 5.52. The summed E-state index contributed by atoms with van der Waals surface area (Å²) >= 11 is 1.30. The van der Waals surface area contributed by atoms with Crippen molar-refractivity contribution < 1.29 is 23.7 Å². The molecule has 0 spiro atoms. The van der Waals surface area contributed by atoms with E-state index in [2.05, 4.69) is 15.5 Å². The van der Waals surface area contributed by atoms with Crippen LogP contribution in [-0.4, -0.2) is 47.8 Å². The largest absolute Gasteiger partial charge is 0.497 e. The Kier molecular flexibility index (Phi) is 8.20. The second-order valence-corrected chi connectivity index (χ2v) is 7.43. The highest BCUT2D eigenvalue weighted by Crippen LogP contribution is 2.30. The maximum absolute atomic E-state index is 12.5. The van der Waals surface area contributed by atoms with Crippen LogP contribution in [0, 0.1) is 0 Å². The normalized spacial score (nSPS) is 10.5. The summed E-state index contributed by atoms with van der Waals surface area (Å²) in [5.41, 5.74) is 0.571. The Morgan fingerprint density at radius 1 is 1.00 bits per heavy atom. The molecule has 9 nitrogen and oxygen atoms in total. The van der Waals surface area contributed by atoms with Crippen LogP contribution in [0.4, 0.5) is 5.69 Å². The first kappa shape index (κ1) is 23.3. The number of methoxy groups -OCH3 is 3. The van der Waals surface area contributed by atoms with E-state index < -0.39 is 0 Å². The van der Waals surface area contributed by atoms with E-state index in [-0.39, 0.29) is 18.3 Å². The zero-order valence-electron chi connectivity index (χ0n) is 18.5. The number of thioether (sulfide) groups is 1. The number of carbonyl (C=O) groups is 1. The first-order chi connectivity index (χ1) is 15.6. The molecule has 0 saturated heterocycles. The fraction of sp³-hybridized carbons (Fsp3) is 0.318. The highest BCUT2D eigenvalue weighted by atomic mass is 32.2. The van der Waals surface area contributed by atoms with Crippen molar-refractivity contribution in [3.05, 3.63) is 48.3 Å². The van der Waals surface area contributed by atoms with Gasteiger partial charge in [-0.1, -0.05) is 23.9 Å². The van der Waals surface area contributed by atoms with Crippen molar-refractivity contribution in [2.45, 2.75) is 25.2 Å². The molecular weight excluding hydrogens is 432 g/mol. The molecular formula is C22H26N4O5S. The molecule has 3 rings (SSSR count). The highest BCUT2D eigenvalue weighted by Gasteiger charge is 2.15. The maximum atomic E-state index is 12.5. The summed E-state index contributed by atoms with van der Waals surface area (Å²) in [6.45, 7) is 2.87. The van der Waals surface area contributed by atoms with Gasteiger partial charge in [-0.05, 0) is 31.2 Å². The Balaban J connectivity index is 1.61. The molecule has 10 heteroatoms. The number of hydrogen-bond acceptors (Lipinski definition) is 8. The minimum Gasteiger partial charge on any atom is -0.497 e. The summed E-state index contributed by atoms with van der Waals surface area (Å²) in [5.74, 6) is 3.09. The molecule has 1 heterocycles. The van der Waals surface area contributed by atoms with Crippen LogP contribution in [-0.2, 0) is 17.9 Å². The molecule has 0 aliphatic heterocycles. The first-order valence-corrected chi connectivity index (χ1v) is 10.9. The molecule has 0 saturated carbocycles. The Morgan fingerprint density at radius 3 is 2.44 bits per heavy atom. The van der Waals surface area contributed by atoms with Gasteiger partial charge in [0.2, 0.25) is 5.91 Å². The summed E-state index contributed by atoms with van der Waals surface area (Å²) in [6.07, 6.45) is 0. The zero-order valence-corrected chi connectivity index (χ0v) is 19.3. The average Bonchev–Trinajstić information content (AvgIpc) is 3.23. The molecule has 0 aliphatic rings. The number of nitrogens with zero attached hydrogens (tertiary/aromatic N) is 3. The number of hydrogen-bond donors (Lipinski definition) is 1. The van der Waals surface area contributed by atoms with Crippen molar-refractivity contribution in [1.82, 2.24) is 14.8 Å². The number of nitrogens with one attached hydrogen (secondary N) is 1. The topological polar surface area (TPSA) is 96.7 Å². The molecule has 1 N–H and O–H groups in total. The predicted molar refractivity (Wildman–Crippen MR) is 122 cm³/mol. The minimum absolute atomic E-state index is 0.167. The smallest absolute Gasteiger partial charge is 0.234 e. The van der Waals surface area contributed by atoms with Crippen molar-refractivity contribution in [3.63, 3.8) is 0 Å². The summed E-state index contributed by atoms with van der Waals surface area (Å²) < 4.78 is 23.6. The van der Waals surface area contributed by atoms with E-state index in [1.165, 1.54) is 18.9 Å². The predicted octanol–water partition coefficient (Wildman–Crippen LogP) is 3.63. The summed E-state index contributed by atoms with van der Waals surface area (Å²) in [7, 11) is 4.71. The number of anilines is 1. The number of benzene rings is 2. The monoisotopic (exact) mass is 458 g/mol. The van der Waals surface area contributed by atoms with Crippen molar-refractivity contribution in [2.24, 2.45) is 0 Å². The molecule has 0 atom stereocenters. The van der Waals surface area contributed by atoms with Crippen molar-refractivity contribution in [2.75, 3.05) is 32.4 Å². The lowest BCUT2D eigenvalue weighted by molar-refractivity contribution is -0.113. The second-order valence-electron chi connectivity index (χ2n) is 6.49. The molecule has 0 fully saturated rings. The molecule has 1 amide bonds. The van der Waals surface area contributed by atoms with Crippen molar-refractivity contribution in [1.29, 1.82) is 0 Å². The van der Waals surface area contributed by atoms with Gasteiger partial charge in [0.05, 0.1) is 32.8 Å². The van der Waals surface area contributed by atoms with Gasteiger partial charge in [-0.3, -0.25) is 4.79 Å². The summed E-state index contributed by atoms with van der Waals surface area (Å²) in [6, 6.07) is 12.6. The van der Waals surface area contributed by atoms with E-state index in [9.17, 15) is 4.79 Å². The number of carbonyl (C=O) groups excluding carboxylic acids is 1. The van der Waals surface area contributed by atoms with Crippen LogP contribution in [0.1, 0.15) is 12.7 Å². The van der Waals surface area contributed by atoms with Crippen LogP contribution in [0.2, 0.25) is 0 Å². The number of para-hydroxylation sites is 2. The Morgan fingerprint density at radius 2 is 1.75 bits per heavy atom. The summed E-state index contributed by atoms with van der Waals surface area (Å²) in [5, 5.41) is 11.9. The van der Waals surface area contributed by atoms with Crippen LogP contribution in [0.25, 0.3) is 0 Å². The van der Waals surface area contributed by atoms with Crippen LogP contribution in [0.3, 0.4) is 0 Å². The Hall–Kier alpha value is -3.40.